The number of hydrogen-bond acceptors (Lipinski definition) is 12. The summed E-state index contributed by atoms with van der Waals surface area (Å²) in [5.41, 5.74) is 4.67. The van der Waals surface area contributed by atoms with Crippen molar-refractivity contribution in [2.24, 2.45) is 5.73 Å². The second-order valence-electron chi connectivity index (χ2n) is 4.48. The molecule has 0 aromatic rings. The first kappa shape index (κ1) is 26.4. The van der Waals surface area contributed by atoms with Gasteiger partial charge in [-0.1, -0.05) is 0 Å². The van der Waals surface area contributed by atoms with Crippen molar-refractivity contribution < 1.29 is 64.9 Å². The Bertz CT molecular complexity index is 1030. The molecule has 0 aliphatic heterocycles. The van der Waals surface area contributed by atoms with Gasteiger partial charge in [-0.15, -0.1) is 0 Å². The quantitative estimate of drug-likeness (QED) is 0.102. The Kier molecular flexibility index (Phi) is 7.20. The molecule has 0 rings (SSSR count). The van der Waals surface area contributed by atoms with Gasteiger partial charge in [0, 0.05) is 13.1 Å². The molecule has 0 aliphatic carbocycles. The summed E-state index contributed by atoms with van der Waals surface area (Å²) in [4.78, 5) is 0. The molecule has 0 amide bonds. The van der Waals surface area contributed by atoms with Crippen LogP contribution >= 0.6 is 0 Å². The Labute approximate surface area is 153 Å². The Morgan fingerprint density at radius 3 is 1.19 bits per heavy atom. The molecule has 0 fully saturated rings. The second kappa shape index (κ2) is 7.35. The van der Waals surface area contributed by atoms with Gasteiger partial charge in [-0.25, -0.2) is 0 Å². The van der Waals surface area contributed by atoms with Gasteiger partial charge in [0.2, 0.25) is 0 Å². The Hall–Kier alpha value is -0.570. The Morgan fingerprint density at radius 2 is 0.963 bits per heavy atom. The van der Waals surface area contributed by atoms with Crippen molar-refractivity contribution >= 4 is 50.8 Å². The lowest BCUT2D eigenvalue weighted by molar-refractivity contribution is 0.338. The summed E-state index contributed by atoms with van der Waals surface area (Å²) in [5, 5.41) is 0.922. The number of nitrogens with two attached hydrogens (primary N) is 1. The molecule has 0 atom stereocenters. The predicted molar refractivity (Wildman–Crippen MR) is 83.4 cm³/mol. The lowest BCUT2D eigenvalue weighted by atomic mass is 10.5. The molecule has 23 heteroatoms. The molecular weight excluding hydrogens is 490 g/mol. The van der Waals surface area contributed by atoms with Crippen LogP contribution < -0.4 is 15.8 Å². The fourth-order valence-electron chi connectivity index (χ4n) is 1.68. The number of hydrogen-bond donors (Lipinski definition) is 8. The van der Waals surface area contributed by atoms with E-state index >= 15 is 0 Å². The highest BCUT2D eigenvalue weighted by Gasteiger charge is 2.79. The predicted octanol–water partition coefficient (Wildman–Crippen LogP) is -5.21. The molecule has 0 unspecified atom stereocenters. The standard InChI is InChI=1S/C4H13N3O15S5/c5-3(23(8,9)10,24(11,12)13)4(25(14,15)16,26(17,18)19)6-1-2-7-27(20,21)22/h6-7H,1-2,5H2,(H,8,9,10)(H,11,12,13)(H,14,15,16)(H,17,18,19)(H,20,21,22). The summed E-state index contributed by atoms with van der Waals surface area (Å²) < 4.78 is 148. The molecule has 0 aliphatic rings. The third kappa shape index (κ3) is 4.89. The van der Waals surface area contributed by atoms with Crippen LogP contribution in [0.2, 0.25) is 0 Å². The van der Waals surface area contributed by atoms with Crippen LogP contribution in [-0.4, -0.2) is 86.3 Å². The molecule has 0 saturated carbocycles. The van der Waals surface area contributed by atoms with E-state index in [2.05, 4.69) is 5.73 Å². The van der Waals surface area contributed by atoms with E-state index in [9.17, 15) is 42.1 Å². The van der Waals surface area contributed by atoms with Gasteiger partial charge in [-0.2, -0.15) is 46.8 Å². The van der Waals surface area contributed by atoms with E-state index in [0.717, 1.165) is 5.32 Å². The van der Waals surface area contributed by atoms with Crippen LogP contribution in [0.4, 0.5) is 0 Å². The van der Waals surface area contributed by atoms with Gasteiger partial charge in [0.15, 0.2) is 0 Å². The summed E-state index contributed by atoms with van der Waals surface area (Å²) in [5.74, 6) is 0. The molecule has 0 aromatic carbocycles. The maximum absolute atomic E-state index is 11.6. The largest absolute Gasteiger partial charge is 0.333 e. The van der Waals surface area contributed by atoms with Gasteiger partial charge in [0.05, 0.1) is 0 Å². The highest BCUT2D eigenvalue weighted by molar-refractivity contribution is 8.12. The topological polar surface area (TPSA) is 322 Å². The van der Waals surface area contributed by atoms with Gasteiger partial charge in [0.1, 0.15) is 0 Å². The van der Waals surface area contributed by atoms with Gasteiger partial charge < -0.3 is 0 Å². The lowest BCUT2D eigenvalue weighted by Gasteiger charge is -2.38. The van der Waals surface area contributed by atoms with E-state index in [0.29, 0.717) is 0 Å². The SMILES string of the molecule is NC(C(NCCNS(=O)(=O)O)(S(=O)(=O)O)S(=O)(=O)O)(S(=O)(=O)O)S(=O)(=O)O. The first-order valence-corrected chi connectivity index (χ1v) is 12.8. The van der Waals surface area contributed by atoms with E-state index in [4.69, 9.17) is 22.8 Å². The van der Waals surface area contributed by atoms with Gasteiger partial charge in [-0.3, -0.25) is 33.8 Å². The molecule has 27 heavy (non-hydrogen) atoms. The molecule has 164 valence electrons. The summed E-state index contributed by atoms with van der Waals surface area (Å²) in [6.07, 6.45) is 0. The molecule has 0 spiro atoms. The van der Waals surface area contributed by atoms with Crippen LogP contribution in [0.1, 0.15) is 0 Å². The van der Waals surface area contributed by atoms with Gasteiger partial charge in [0.25, 0.3) is 0 Å². The molecule has 0 aromatic heterocycles. The summed E-state index contributed by atoms with van der Waals surface area (Å²) in [7, 11) is -31.8. The van der Waals surface area contributed by atoms with Crippen molar-refractivity contribution in [3.8, 4) is 0 Å². The molecule has 0 saturated heterocycles. The second-order valence-corrected chi connectivity index (χ2v) is 12.5. The molecule has 0 heterocycles. The summed E-state index contributed by atoms with van der Waals surface area (Å²) in [6.45, 7) is -2.71. The van der Waals surface area contributed by atoms with E-state index in [1.165, 1.54) is 4.72 Å². The fraction of sp³-hybridized carbons (Fsp3) is 1.00. The van der Waals surface area contributed by atoms with E-state index in [1.807, 2.05) is 0 Å². The average Bonchev–Trinajstić information content (AvgIpc) is 2.30. The van der Waals surface area contributed by atoms with E-state index < -0.39 is 72.3 Å². The summed E-state index contributed by atoms with van der Waals surface area (Å²) in [6, 6.07) is 0. The minimum absolute atomic E-state index is 0.922. The monoisotopic (exact) mass is 503 g/mol. The number of nitrogens with one attached hydrogen (secondary N) is 2. The minimum Gasteiger partial charge on any atom is -0.292 e. The first-order valence-electron chi connectivity index (χ1n) is 5.60. The zero-order valence-electron chi connectivity index (χ0n) is 12.4. The normalized spacial score (nSPS) is 15.6. The van der Waals surface area contributed by atoms with Crippen molar-refractivity contribution in [1.29, 1.82) is 0 Å². The van der Waals surface area contributed by atoms with Crippen LogP contribution in [0.15, 0.2) is 0 Å². The van der Waals surface area contributed by atoms with Crippen molar-refractivity contribution in [2.45, 2.75) is 8.41 Å². The molecular formula is C4H13N3O15S5. The Balaban J connectivity index is 7.07. The molecule has 0 radical (unpaired) electrons. The zero-order valence-corrected chi connectivity index (χ0v) is 16.4. The fourth-order valence-corrected chi connectivity index (χ4v) is 8.81. The Morgan fingerprint density at radius 1 is 0.630 bits per heavy atom. The van der Waals surface area contributed by atoms with E-state index in [-0.39, 0.29) is 0 Å². The minimum atomic E-state index is -6.72. The van der Waals surface area contributed by atoms with E-state index in [1.54, 1.807) is 0 Å². The maximum Gasteiger partial charge on any atom is 0.333 e. The third-order valence-corrected chi connectivity index (χ3v) is 10.9. The average molecular weight is 503 g/mol. The maximum atomic E-state index is 11.6. The first-order chi connectivity index (χ1) is 11.5. The van der Waals surface area contributed by atoms with Crippen molar-refractivity contribution in [1.82, 2.24) is 10.0 Å². The van der Waals surface area contributed by atoms with Gasteiger partial charge in [-0.05, 0) is 0 Å². The zero-order chi connectivity index (χ0) is 22.3. The highest BCUT2D eigenvalue weighted by atomic mass is 32.3. The van der Waals surface area contributed by atoms with Crippen LogP contribution in [0, 0.1) is 0 Å². The van der Waals surface area contributed by atoms with Gasteiger partial charge >= 0.3 is 59.2 Å². The molecule has 18 nitrogen and oxygen atoms in total. The molecule has 0 bridgehead atoms. The third-order valence-electron chi connectivity index (χ3n) is 2.72. The lowest BCUT2D eigenvalue weighted by Crippen LogP contribution is -2.80. The van der Waals surface area contributed by atoms with Crippen molar-refractivity contribution in [3.63, 3.8) is 0 Å². The van der Waals surface area contributed by atoms with Crippen LogP contribution in [0.5, 0.6) is 0 Å². The van der Waals surface area contributed by atoms with Crippen molar-refractivity contribution in [3.05, 3.63) is 0 Å². The van der Waals surface area contributed by atoms with Crippen molar-refractivity contribution in [2.75, 3.05) is 13.1 Å². The molecule has 9 N–H and O–H groups in total. The van der Waals surface area contributed by atoms with Crippen LogP contribution in [-0.2, 0) is 50.8 Å². The van der Waals surface area contributed by atoms with Crippen LogP contribution in [0.3, 0.4) is 0 Å². The highest BCUT2D eigenvalue weighted by Crippen LogP contribution is 2.38. The number of rotatable bonds is 10. The smallest absolute Gasteiger partial charge is 0.292 e. The van der Waals surface area contributed by atoms with Crippen LogP contribution in [0.25, 0.3) is 0 Å². The summed E-state index contributed by atoms with van der Waals surface area (Å²) >= 11 is 0.